The molecule has 0 aliphatic rings. The molecule has 0 atom stereocenters. The van der Waals surface area contributed by atoms with Crippen molar-refractivity contribution < 1.29 is 17.9 Å². The first-order chi connectivity index (χ1) is 13.8. The Morgan fingerprint density at radius 3 is 2.55 bits per heavy atom. The summed E-state index contributed by atoms with van der Waals surface area (Å²) in [6.45, 7) is 1.63. The Hall–Kier alpha value is -3.27. The third kappa shape index (κ3) is 2.79. The van der Waals surface area contributed by atoms with Crippen LogP contribution >= 0.6 is 11.3 Å². The number of ether oxygens (including phenoxy) is 1. The summed E-state index contributed by atoms with van der Waals surface area (Å²) in [5, 5.41) is 5.05. The zero-order valence-corrected chi connectivity index (χ0v) is 16.0. The van der Waals surface area contributed by atoms with E-state index in [0.29, 0.717) is 38.4 Å². The number of halogens is 3. The van der Waals surface area contributed by atoms with Crippen molar-refractivity contribution in [1.82, 2.24) is 24.6 Å². The van der Waals surface area contributed by atoms with Gasteiger partial charge >= 0.3 is 6.18 Å². The minimum absolute atomic E-state index is 0.280. The summed E-state index contributed by atoms with van der Waals surface area (Å²) in [6, 6.07) is 8.34. The summed E-state index contributed by atoms with van der Waals surface area (Å²) in [6.07, 6.45) is -2.99. The summed E-state index contributed by atoms with van der Waals surface area (Å²) < 4.78 is 46.7. The molecule has 0 aliphatic carbocycles. The number of hydrogen-bond acceptors (Lipinski definition) is 6. The van der Waals surface area contributed by atoms with E-state index in [4.69, 9.17) is 4.74 Å². The predicted octanol–water partition coefficient (Wildman–Crippen LogP) is 4.89. The lowest BCUT2D eigenvalue weighted by Crippen LogP contribution is -2.07. The second-order valence-corrected chi connectivity index (χ2v) is 7.46. The van der Waals surface area contributed by atoms with E-state index in [2.05, 4.69) is 20.1 Å². The SMILES string of the molecule is COc1ccc(-c2nc3c4sc5nc(C(F)(F)F)cc(C)c5c4ncn3n2)cc1. The van der Waals surface area contributed by atoms with Crippen LogP contribution in [0.1, 0.15) is 11.3 Å². The van der Waals surface area contributed by atoms with E-state index in [1.165, 1.54) is 10.8 Å². The second-order valence-electron chi connectivity index (χ2n) is 6.46. The fraction of sp³-hybridized carbons (Fsp3) is 0.158. The zero-order valence-electron chi connectivity index (χ0n) is 15.2. The number of methoxy groups -OCH3 is 1. The van der Waals surface area contributed by atoms with Gasteiger partial charge < -0.3 is 4.74 Å². The van der Waals surface area contributed by atoms with Crippen LogP contribution < -0.4 is 4.74 Å². The van der Waals surface area contributed by atoms with Crippen LogP contribution in [-0.4, -0.2) is 31.7 Å². The minimum atomic E-state index is -4.51. The Morgan fingerprint density at radius 1 is 1.10 bits per heavy atom. The largest absolute Gasteiger partial charge is 0.497 e. The number of thiophene rings is 1. The van der Waals surface area contributed by atoms with Gasteiger partial charge in [0.2, 0.25) is 0 Å². The third-order valence-corrected chi connectivity index (χ3v) is 5.67. The maximum absolute atomic E-state index is 13.1. The van der Waals surface area contributed by atoms with Gasteiger partial charge in [-0.05, 0) is 42.8 Å². The van der Waals surface area contributed by atoms with Crippen molar-refractivity contribution in [3.63, 3.8) is 0 Å². The van der Waals surface area contributed by atoms with Gasteiger partial charge in [0, 0.05) is 10.9 Å². The van der Waals surface area contributed by atoms with Gasteiger partial charge in [0.05, 0.1) is 12.6 Å². The van der Waals surface area contributed by atoms with E-state index in [9.17, 15) is 13.2 Å². The van der Waals surface area contributed by atoms with Gasteiger partial charge in [-0.15, -0.1) is 16.4 Å². The molecule has 0 N–H and O–H groups in total. The lowest BCUT2D eigenvalue weighted by atomic mass is 10.1. The molecule has 0 fully saturated rings. The molecule has 146 valence electrons. The molecule has 0 saturated carbocycles. The Balaban J connectivity index is 1.74. The van der Waals surface area contributed by atoms with E-state index < -0.39 is 11.9 Å². The van der Waals surface area contributed by atoms with Gasteiger partial charge in [-0.25, -0.2) is 19.5 Å². The number of nitrogens with zero attached hydrogens (tertiary/aromatic N) is 5. The molecule has 29 heavy (non-hydrogen) atoms. The Labute approximate surface area is 165 Å². The predicted molar refractivity (Wildman–Crippen MR) is 103 cm³/mol. The molecule has 0 spiro atoms. The number of pyridine rings is 1. The van der Waals surface area contributed by atoms with Crippen LogP contribution in [0.2, 0.25) is 0 Å². The van der Waals surface area contributed by atoms with Gasteiger partial charge in [-0.2, -0.15) is 13.2 Å². The molecule has 5 rings (SSSR count). The number of benzene rings is 1. The van der Waals surface area contributed by atoms with Gasteiger partial charge in [-0.3, -0.25) is 0 Å². The van der Waals surface area contributed by atoms with Gasteiger partial charge in [-0.1, -0.05) is 0 Å². The average Bonchev–Trinajstić information content (AvgIpc) is 3.28. The first-order valence-corrected chi connectivity index (χ1v) is 9.33. The monoisotopic (exact) mass is 415 g/mol. The standard InChI is InChI=1S/C19H12F3N5OS/c1-9-7-12(19(20,21)22)24-18-13(9)14-15(29-18)17-25-16(26-27(17)8-23-14)10-3-5-11(28-2)6-4-10/h3-8H,1-2H3. The Morgan fingerprint density at radius 2 is 1.86 bits per heavy atom. The van der Waals surface area contributed by atoms with Gasteiger partial charge in [0.1, 0.15) is 27.3 Å². The number of fused-ring (bicyclic) bond motifs is 5. The molecule has 0 unspecified atom stereocenters. The van der Waals surface area contributed by atoms with Crippen LogP contribution in [0.15, 0.2) is 36.7 Å². The van der Waals surface area contributed by atoms with E-state index in [1.807, 2.05) is 12.1 Å². The van der Waals surface area contributed by atoms with Crippen molar-refractivity contribution in [3.05, 3.63) is 47.9 Å². The highest BCUT2D eigenvalue weighted by atomic mass is 32.1. The fourth-order valence-electron chi connectivity index (χ4n) is 3.22. The molecule has 10 heteroatoms. The zero-order chi connectivity index (χ0) is 20.3. The van der Waals surface area contributed by atoms with E-state index in [0.717, 1.165) is 23.0 Å². The van der Waals surface area contributed by atoms with Crippen molar-refractivity contribution in [3.8, 4) is 17.1 Å². The van der Waals surface area contributed by atoms with Gasteiger partial charge in [0.15, 0.2) is 11.5 Å². The van der Waals surface area contributed by atoms with Crippen LogP contribution in [0.3, 0.4) is 0 Å². The molecule has 4 heterocycles. The first kappa shape index (κ1) is 17.8. The maximum atomic E-state index is 13.1. The average molecular weight is 415 g/mol. The molecule has 0 saturated heterocycles. The van der Waals surface area contributed by atoms with Crippen LogP contribution in [-0.2, 0) is 6.18 Å². The molecular formula is C19H12F3N5OS. The van der Waals surface area contributed by atoms with Crippen LogP contribution in [0.25, 0.3) is 37.5 Å². The molecule has 0 amide bonds. The van der Waals surface area contributed by atoms with E-state index >= 15 is 0 Å². The van der Waals surface area contributed by atoms with Crippen LogP contribution in [0.4, 0.5) is 13.2 Å². The Kier molecular flexibility index (Phi) is 3.75. The van der Waals surface area contributed by atoms with Crippen molar-refractivity contribution in [2.24, 2.45) is 0 Å². The number of aryl methyl sites for hydroxylation is 1. The topological polar surface area (TPSA) is 65.2 Å². The lowest BCUT2D eigenvalue weighted by Gasteiger charge is -2.06. The highest BCUT2D eigenvalue weighted by Crippen LogP contribution is 2.38. The van der Waals surface area contributed by atoms with Crippen LogP contribution in [0.5, 0.6) is 5.75 Å². The quantitative estimate of drug-likeness (QED) is 0.411. The summed E-state index contributed by atoms with van der Waals surface area (Å²) in [5.74, 6) is 1.20. The molecule has 5 aromatic rings. The second kappa shape index (κ2) is 6.11. The van der Waals surface area contributed by atoms with Crippen molar-refractivity contribution in [2.45, 2.75) is 13.1 Å². The van der Waals surface area contributed by atoms with Crippen molar-refractivity contribution in [1.29, 1.82) is 0 Å². The summed E-state index contributed by atoms with van der Waals surface area (Å²) in [4.78, 5) is 13.1. The number of aromatic nitrogens is 5. The molecule has 0 radical (unpaired) electrons. The number of hydrogen-bond donors (Lipinski definition) is 0. The normalized spacial score (nSPS) is 12.3. The smallest absolute Gasteiger partial charge is 0.433 e. The maximum Gasteiger partial charge on any atom is 0.433 e. The third-order valence-electron chi connectivity index (χ3n) is 4.60. The summed E-state index contributed by atoms with van der Waals surface area (Å²) in [5.41, 5.74) is 1.45. The lowest BCUT2D eigenvalue weighted by molar-refractivity contribution is -0.141. The molecule has 1 aromatic carbocycles. The molecular weight excluding hydrogens is 403 g/mol. The number of alkyl halides is 3. The Bertz CT molecular complexity index is 1390. The summed E-state index contributed by atoms with van der Waals surface area (Å²) >= 11 is 1.13. The van der Waals surface area contributed by atoms with E-state index in [1.54, 1.807) is 26.2 Å². The summed E-state index contributed by atoms with van der Waals surface area (Å²) in [7, 11) is 1.59. The van der Waals surface area contributed by atoms with Crippen LogP contribution in [0, 0.1) is 6.92 Å². The fourth-order valence-corrected chi connectivity index (χ4v) is 4.40. The minimum Gasteiger partial charge on any atom is -0.497 e. The molecule has 6 nitrogen and oxygen atoms in total. The first-order valence-electron chi connectivity index (χ1n) is 8.52. The van der Waals surface area contributed by atoms with Crippen molar-refractivity contribution in [2.75, 3.05) is 7.11 Å². The number of rotatable bonds is 2. The molecule has 0 bridgehead atoms. The molecule has 4 aromatic heterocycles. The highest BCUT2D eigenvalue weighted by Gasteiger charge is 2.33. The van der Waals surface area contributed by atoms with E-state index in [-0.39, 0.29) is 4.83 Å². The van der Waals surface area contributed by atoms with Crippen molar-refractivity contribution >= 4 is 37.4 Å². The highest BCUT2D eigenvalue weighted by molar-refractivity contribution is 7.26. The van der Waals surface area contributed by atoms with Gasteiger partial charge in [0.25, 0.3) is 0 Å². The molecule has 0 aliphatic heterocycles.